The average Bonchev–Trinajstić information content (AvgIpc) is 2.53. The third-order valence-electron chi connectivity index (χ3n) is 3.70. The van der Waals surface area contributed by atoms with Gasteiger partial charge in [-0.25, -0.2) is 4.79 Å². The Morgan fingerprint density at radius 3 is 2.60 bits per heavy atom. The molecular weight excluding hydrogens is 272 g/mol. The third-order valence-corrected chi connectivity index (χ3v) is 4.69. The van der Waals surface area contributed by atoms with Crippen molar-refractivity contribution < 1.29 is 9.53 Å². The minimum absolute atomic E-state index is 0.136. The lowest BCUT2D eigenvalue weighted by Gasteiger charge is -2.35. The van der Waals surface area contributed by atoms with Gasteiger partial charge in [0.25, 0.3) is 0 Å². The van der Waals surface area contributed by atoms with Gasteiger partial charge >= 0.3 is 6.03 Å². The summed E-state index contributed by atoms with van der Waals surface area (Å²) in [5.41, 5.74) is 0.910. The molecule has 0 saturated carbocycles. The second kappa shape index (κ2) is 7.55. The van der Waals surface area contributed by atoms with Crippen LogP contribution >= 0.6 is 11.8 Å². The Bertz CT molecular complexity index is 419. The Morgan fingerprint density at radius 1 is 1.25 bits per heavy atom. The molecule has 1 aliphatic rings. The van der Waals surface area contributed by atoms with Gasteiger partial charge in [0.1, 0.15) is 0 Å². The summed E-state index contributed by atoms with van der Waals surface area (Å²) in [7, 11) is 1.74. The molecule has 20 heavy (non-hydrogen) atoms. The Labute approximate surface area is 124 Å². The van der Waals surface area contributed by atoms with E-state index < -0.39 is 0 Å². The highest BCUT2D eigenvalue weighted by Crippen LogP contribution is 2.29. The van der Waals surface area contributed by atoms with E-state index >= 15 is 0 Å². The van der Waals surface area contributed by atoms with Gasteiger partial charge in [-0.2, -0.15) is 11.8 Å². The number of ether oxygens (including phenoxy) is 1. The van der Waals surface area contributed by atoms with Crippen molar-refractivity contribution >= 4 is 17.8 Å². The van der Waals surface area contributed by atoms with E-state index in [1.165, 1.54) is 0 Å². The lowest BCUT2D eigenvalue weighted by Crippen LogP contribution is -2.49. The Morgan fingerprint density at radius 2 is 1.95 bits per heavy atom. The maximum Gasteiger partial charge on any atom is 0.315 e. The number of nitrogens with one attached hydrogen (secondary N) is 2. The van der Waals surface area contributed by atoms with Crippen LogP contribution in [0.5, 0.6) is 0 Å². The smallest absolute Gasteiger partial charge is 0.315 e. The quantitative estimate of drug-likeness (QED) is 0.877. The second-order valence-corrected chi connectivity index (χ2v) is 6.25. The number of rotatable bonds is 5. The highest BCUT2D eigenvalue weighted by molar-refractivity contribution is 7.99. The van der Waals surface area contributed by atoms with Gasteiger partial charge in [-0.05, 0) is 29.9 Å². The number of urea groups is 1. The van der Waals surface area contributed by atoms with E-state index in [9.17, 15) is 4.79 Å². The summed E-state index contributed by atoms with van der Waals surface area (Å²) in [6, 6.07) is 9.75. The number of hydrogen-bond acceptors (Lipinski definition) is 3. The first-order chi connectivity index (χ1) is 9.74. The molecule has 1 heterocycles. The molecule has 1 fully saturated rings. The first-order valence-electron chi connectivity index (χ1n) is 6.93. The Kier molecular flexibility index (Phi) is 5.73. The van der Waals surface area contributed by atoms with Crippen LogP contribution in [0.15, 0.2) is 30.3 Å². The molecule has 2 amide bonds. The molecule has 0 bridgehead atoms. The van der Waals surface area contributed by atoms with Gasteiger partial charge in [0, 0.05) is 20.2 Å². The zero-order valence-electron chi connectivity index (χ0n) is 11.9. The van der Waals surface area contributed by atoms with Crippen molar-refractivity contribution in [2.45, 2.75) is 25.0 Å². The normalized spacial score (nSPS) is 17.4. The first kappa shape index (κ1) is 15.2. The molecule has 1 aromatic rings. The van der Waals surface area contributed by atoms with Crippen molar-refractivity contribution in [3.8, 4) is 0 Å². The van der Waals surface area contributed by atoms with E-state index in [1.54, 1.807) is 7.11 Å². The number of hydrogen-bond donors (Lipinski definition) is 2. The summed E-state index contributed by atoms with van der Waals surface area (Å²) < 4.78 is 5.64. The van der Waals surface area contributed by atoms with Crippen LogP contribution in [0.3, 0.4) is 0 Å². The molecule has 0 aliphatic carbocycles. The summed E-state index contributed by atoms with van der Waals surface area (Å²) in [5, 5.41) is 5.80. The molecular formula is C15H22N2O2S. The van der Waals surface area contributed by atoms with Crippen LogP contribution in [0, 0.1) is 0 Å². The first-order valence-corrected chi connectivity index (χ1v) is 8.08. The molecule has 110 valence electrons. The lowest BCUT2D eigenvalue weighted by atomic mass is 9.96. The standard InChI is InChI=1S/C15H22N2O2S/c1-19-15(7-9-20-10-8-15)12-17-14(18)16-11-13-5-3-2-4-6-13/h2-6H,7-12H2,1H3,(H2,16,17,18). The molecule has 2 N–H and O–H groups in total. The number of benzene rings is 1. The van der Waals surface area contributed by atoms with Gasteiger partial charge in [-0.15, -0.1) is 0 Å². The van der Waals surface area contributed by atoms with Crippen molar-refractivity contribution in [3.63, 3.8) is 0 Å². The van der Waals surface area contributed by atoms with E-state index in [4.69, 9.17) is 4.74 Å². The van der Waals surface area contributed by atoms with Gasteiger partial charge in [0.2, 0.25) is 0 Å². The summed E-state index contributed by atoms with van der Waals surface area (Å²) in [6.45, 7) is 1.12. The fourth-order valence-corrected chi connectivity index (χ4v) is 3.52. The molecule has 1 saturated heterocycles. The predicted molar refractivity (Wildman–Crippen MR) is 83.0 cm³/mol. The third kappa shape index (κ3) is 4.42. The highest BCUT2D eigenvalue weighted by Gasteiger charge is 2.32. The number of carbonyl (C=O) groups excluding carboxylic acids is 1. The van der Waals surface area contributed by atoms with E-state index in [0.29, 0.717) is 13.1 Å². The van der Waals surface area contributed by atoms with Gasteiger partial charge in [0.15, 0.2) is 0 Å². The van der Waals surface area contributed by atoms with Crippen LogP contribution in [0.2, 0.25) is 0 Å². The van der Waals surface area contributed by atoms with Crippen LogP contribution in [0.1, 0.15) is 18.4 Å². The van der Waals surface area contributed by atoms with Crippen molar-refractivity contribution in [2.24, 2.45) is 0 Å². The predicted octanol–water partition coefficient (Wildman–Crippen LogP) is 2.40. The van der Waals surface area contributed by atoms with Gasteiger partial charge < -0.3 is 15.4 Å². The molecule has 2 rings (SSSR count). The minimum atomic E-state index is -0.185. The lowest BCUT2D eigenvalue weighted by molar-refractivity contribution is -0.0137. The maximum atomic E-state index is 11.8. The van der Waals surface area contributed by atoms with Crippen molar-refractivity contribution in [1.82, 2.24) is 10.6 Å². The molecule has 0 radical (unpaired) electrons. The molecule has 0 atom stereocenters. The summed E-state index contributed by atoms with van der Waals surface area (Å²) in [4.78, 5) is 11.8. The minimum Gasteiger partial charge on any atom is -0.376 e. The number of methoxy groups -OCH3 is 1. The van der Waals surface area contributed by atoms with Crippen LogP contribution in [-0.4, -0.2) is 36.8 Å². The molecule has 1 aromatic carbocycles. The van der Waals surface area contributed by atoms with Crippen molar-refractivity contribution in [1.29, 1.82) is 0 Å². The van der Waals surface area contributed by atoms with Crippen molar-refractivity contribution in [3.05, 3.63) is 35.9 Å². The molecule has 0 aromatic heterocycles. The van der Waals surface area contributed by atoms with Crippen LogP contribution < -0.4 is 10.6 Å². The van der Waals surface area contributed by atoms with E-state index in [-0.39, 0.29) is 11.6 Å². The summed E-state index contributed by atoms with van der Waals surface area (Å²) >= 11 is 1.95. The largest absolute Gasteiger partial charge is 0.376 e. The number of amides is 2. The van der Waals surface area contributed by atoms with Gasteiger partial charge in [-0.3, -0.25) is 0 Å². The highest BCUT2D eigenvalue weighted by atomic mass is 32.2. The number of thioether (sulfide) groups is 1. The summed E-state index contributed by atoms with van der Waals surface area (Å²) in [6.07, 6.45) is 1.99. The van der Waals surface area contributed by atoms with Crippen molar-refractivity contribution in [2.75, 3.05) is 25.2 Å². The second-order valence-electron chi connectivity index (χ2n) is 5.02. The topological polar surface area (TPSA) is 50.4 Å². The number of carbonyl (C=O) groups is 1. The van der Waals surface area contributed by atoms with Gasteiger partial charge in [-0.1, -0.05) is 30.3 Å². The fourth-order valence-electron chi connectivity index (χ4n) is 2.28. The van der Waals surface area contributed by atoms with E-state index in [0.717, 1.165) is 29.9 Å². The van der Waals surface area contributed by atoms with Crippen LogP contribution in [0.25, 0.3) is 0 Å². The maximum absolute atomic E-state index is 11.8. The van der Waals surface area contributed by atoms with Crippen LogP contribution in [0.4, 0.5) is 4.79 Å². The summed E-state index contributed by atoms with van der Waals surface area (Å²) in [5.74, 6) is 2.20. The van der Waals surface area contributed by atoms with E-state index in [1.807, 2.05) is 42.1 Å². The average molecular weight is 294 g/mol. The molecule has 4 nitrogen and oxygen atoms in total. The monoisotopic (exact) mass is 294 g/mol. The molecule has 5 heteroatoms. The fraction of sp³-hybridized carbons (Fsp3) is 0.533. The Balaban J connectivity index is 1.74. The molecule has 1 aliphatic heterocycles. The Hall–Kier alpha value is -1.20. The van der Waals surface area contributed by atoms with Crippen LogP contribution in [-0.2, 0) is 11.3 Å². The zero-order chi connectivity index (χ0) is 14.3. The molecule has 0 unspecified atom stereocenters. The SMILES string of the molecule is COC1(CNC(=O)NCc2ccccc2)CCSCC1. The van der Waals surface area contributed by atoms with Gasteiger partial charge in [0.05, 0.1) is 5.60 Å². The zero-order valence-corrected chi connectivity index (χ0v) is 12.7. The van der Waals surface area contributed by atoms with E-state index in [2.05, 4.69) is 10.6 Å². The molecule has 0 spiro atoms.